The molecule has 0 saturated heterocycles. The Morgan fingerprint density at radius 1 is 1.35 bits per heavy atom. The monoisotopic (exact) mass is 242 g/mol. The summed E-state index contributed by atoms with van der Waals surface area (Å²) in [5, 5.41) is 22.3. The van der Waals surface area contributed by atoms with Crippen molar-refractivity contribution >= 4 is 12.0 Å². The Hall–Kier alpha value is -1.56. The highest BCUT2D eigenvalue weighted by atomic mass is 16.4. The van der Waals surface area contributed by atoms with Gasteiger partial charge in [0.05, 0.1) is 6.54 Å². The molecule has 2 atom stereocenters. The molecule has 0 saturated carbocycles. The fourth-order valence-corrected chi connectivity index (χ4v) is 1.62. The molecule has 0 bridgehead atoms. The second-order valence-electron chi connectivity index (χ2n) is 4.10. The van der Waals surface area contributed by atoms with E-state index in [0.717, 1.165) is 19.3 Å². The Bertz CT molecular complexity index is 304. The lowest BCUT2D eigenvalue weighted by Crippen LogP contribution is -2.43. The van der Waals surface area contributed by atoms with Crippen molar-refractivity contribution in [1.29, 1.82) is 0 Å². The number of carbonyl (C=O) groups excluding carboxylic acids is 1. The predicted octanol–water partition coefficient (Wildman–Crippen LogP) is 0.0874. The van der Waals surface area contributed by atoms with Crippen LogP contribution in [0.4, 0.5) is 4.79 Å². The molecule has 2 unspecified atom stereocenters. The summed E-state index contributed by atoms with van der Waals surface area (Å²) < 4.78 is 0. The summed E-state index contributed by atoms with van der Waals surface area (Å²) in [4.78, 5) is 21.6. The maximum atomic E-state index is 11.3. The zero-order valence-electron chi connectivity index (χ0n) is 9.56. The first-order valence-corrected chi connectivity index (χ1v) is 5.67. The Kier molecular flexibility index (Phi) is 5.48. The molecule has 1 aliphatic carbocycles. The fourth-order valence-electron chi connectivity index (χ4n) is 1.62. The number of carbonyl (C=O) groups is 2. The van der Waals surface area contributed by atoms with Gasteiger partial charge in [0.2, 0.25) is 0 Å². The van der Waals surface area contributed by atoms with Crippen LogP contribution in [0.5, 0.6) is 0 Å². The van der Waals surface area contributed by atoms with Gasteiger partial charge in [-0.3, -0.25) is 0 Å². The quantitative estimate of drug-likeness (QED) is 0.513. The molecule has 6 heteroatoms. The summed E-state index contributed by atoms with van der Waals surface area (Å²) in [6, 6.07) is -0.445. The molecule has 0 aromatic rings. The van der Waals surface area contributed by atoms with E-state index in [2.05, 4.69) is 22.8 Å². The molecular weight excluding hydrogens is 224 g/mol. The second kappa shape index (κ2) is 6.90. The molecule has 17 heavy (non-hydrogen) atoms. The van der Waals surface area contributed by atoms with Gasteiger partial charge in [-0.2, -0.15) is 0 Å². The van der Waals surface area contributed by atoms with Crippen LogP contribution >= 0.6 is 0 Å². The smallest absolute Gasteiger partial charge is 0.334 e. The Labute approximate surface area is 99.7 Å². The van der Waals surface area contributed by atoms with Gasteiger partial charge in [0, 0.05) is 6.54 Å². The van der Waals surface area contributed by atoms with E-state index < -0.39 is 18.1 Å². The molecule has 0 spiro atoms. The van der Waals surface area contributed by atoms with Crippen LogP contribution in [0.3, 0.4) is 0 Å². The van der Waals surface area contributed by atoms with E-state index in [0.29, 0.717) is 12.5 Å². The van der Waals surface area contributed by atoms with Gasteiger partial charge in [-0.15, -0.1) is 0 Å². The van der Waals surface area contributed by atoms with Crippen molar-refractivity contribution < 1.29 is 19.8 Å². The second-order valence-corrected chi connectivity index (χ2v) is 4.10. The van der Waals surface area contributed by atoms with Gasteiger partial charge in [-0.25, -0.2) is 9.59 Å². The van der Waals surface area contributed by atoms with E-state index >= 15 is 0 Å². The van der Waals surface area contributed by atoms with Crippen molar-refractivity contribution in [3.8, 4) is 0 Å². The summed E-state index contributed by atoms with van der Waals surface area (Å²) in [5.74, 6) is -0.905. The standard InChI is InChI=1S/C11H18N2O4/c14-9(10(15)16)7-13-11(17)12-6-8-4-2-1-3-5-8/h1-2,8-9,14H,3-7H2,(H,15,16)(H2,12,13,17). The number of aliphatic carboxylic acids is 1. The van der Waals surface area contributed by atoms with Gasteiger partial charge in [0.1, 0.15) is 0 Å². The van der Waals surface area contributed by atoms with Gasteiger partial charge in [0.15, 0.2) is 6.10 Å². The van der Waals surface area contributed by atoms with Gasteiger partial charge in [-0.1, -0.05) is 12.2 Å². The lowest BCUT2D eigenvalue weighted by molar-refractivity contribution is -0.146. The van der Waals surface area contributed by atoms with Crippen LogP contribution in [0.1, 0.15) is 19.3 Å². The summed E-state index contributed by atoms with van der Waals surface area (Å²) in [6.07, 6.45) is 5.71. The Morgan fingerprint density at radius 2 is 2.12 bits per heavy atom. The number of allylic oxidation sites excluding steroid dienone is 2. The van der Waals surface area contributed by atoms with Crippen molar-refractivity contribution in [3.05, 3.63) is 12.2 Å². The molecule has 2 amide bonds. The molecule has 0 aromatic carbocycles. The van der Waals surface area contributed by atoms with E-state index in [9.17, 15) is 9.59 Å². The molecular formula is C11H18N2O4. The number of aliphatic hydroxyl groups excluding tert-OH is 1. The molecule has 0 fully saturated rings. The van der Waals surface area contributed by atoms with Crippen molar-refractivity contribution in [3.63, 3.8) is 0 Å². The normalized spacial score (nSPS) is 20.6. The molecule has 6 nitrogen and oxygen atoms in total. The van der Waals surface area contributed by atoms with Crippen LogP contribution in [-0.2, 0) is 4.79 Å². The zero-order valence-corrected chi connectivity index (χ0v) is 9.56. The van der Waals surface area contributed by atoms with Crippen LogP contribution in [-0.4, -0.2) is 41.4 Å². The molecule has 1 aliphatic rings. The zero-order chi connectivity index (χ0) is 12.7. The third-order valence-corrected chi connectivity index (χ3v) is 2.67. The highest BCUT2D eigenvalue weighted by Crippen LogP contribution is 2.16. The van der Waals surface area contributed by atoms with Crippen LogP contribution < -0.4 is 10.6 Å². The lowest BCUT2D eigenvalue weighted by Gasteiger charge is -2.18. The summed E-state index contributed by atoms with van der Waals surface area (Å²) >= 11 is 0. The van der Waals surface area contributed by atoms with E-state index in [4.69, 9.17) is 10.2 Å². The summed E-state index contributed by atoms with van der Waals surface area (Å²) in [6.45, 7) is 0.283. The third kappa shape index (κ3) is 5.35. The van der Waals surface area contributed by atoms with Crippen molar-refractivity contribution in [2.45, 2.75) is 25.4 Å². The van der Waals surface area contributed by atoms with Gasteiger partial charge in [-0.05, 0) is 25.2 Å². The van der Waals surface area contributed by atoms with E-state index in [1.807, 2.05) is 0 Å². The first kappa shape index (κ1) is 13.5. The SMILES string of the molecule is O=C(NCC1CC=CCC1)NCC(O)C(=O)O. The summed E-state index contributed by atoms with van der Waals surface area (Å²) in [5.41, 5.74) is 0. The van der Waals surface area contributed by atoms with Crippen LogP contribution in [0.15, 0.2) is 12.2 Å². The molecule has 0 aromatic heterocycles. The third-order valence-electron chi connectivity index (χ3n) is 2.67. The minimum absolute atomic E-state index is 0.286. The summed E-state index contributed by atoms with van der Waals surface area (Å²) in [7, 11) is 0. The van der Waals surface area contributed by atoms with Crippen molar-refractivity contribution in [1.82, 2.24) is 10.6 Å². The van der Waals surface area contributed by atoms with Gasteiger partial charge >= 0.3 is 12.0 Å². The van der Waals surface area contributed by atoms with E-state index in [1.54, 1.807) is 0 Å². The van der Waals surface area contributed by atoms with E-state index in [-0.39, 0.29) is 6.54 Å². The maximum absolute atomic E-state index is 11.3. The number of urea groups is 1. The van der Waals surface area contributed by atoms with Crippen molar-refractivity contribution in [2.75, 3.05) is 13.1 Å². The molecule has 96 valence electrons. The van der Waals surface area contributed by atoms with Crippen LogP contribution in [0.2, 0.25) is 0 Å². The number of carboxylic acid groups (broad SMARTS) is 1. The number of carboxylic acids is 1. The minimum Gasteiger partial charge on any atom is -0.479 e. The maximum Gasteiger partial charge on any atom is 0.334 e. The first-order chi connectivity index (χ1) is 8.09. The van der Waals surface area contributed by atoms with Gasteiger partial charge in [0.25, 0.3) is 0 Å². The number of aliphatic hydroxyl groups is 1. The lowest BCUT2D eigenvalue weighted by atomic mass is 9.94. The van der Waals surface area contributed by atoms with Crippen LogP contribution in [0.25, 0.3) is 0 Å². The average Bonchev–Trinajstić information content (AvgIpc) is 2.34. The number of hydrogen-bond acceptors (Lipinski definition) is 3. The highest BCUT2D eigenvalue weighted by Gasteiger charge is 2.15. The highest BCUT2D eigenvalue weighted by molar-refractivity contribution is 5.76. The molecule has 0 heterocycles. The minimum atomic E-state index is -1.56. The number of amides is 2. The van der Waals surface area contributed by atoms with Crippen LogP contribution in [0, 0.1) is 5.92 Å². The van der Waals surface area contributed by atoms with Gasteiger partial charge < -0.3 is 20.8 Å². The number of rotatable bonds is 5. The Balaban J connectivity index is 2.12. The Morgan fingerprint density at radius 3 is 2.71 bits per heavy atom. The van der Waals surface area contributed by atoms with Crippen molar-refractivity contribution in [2.24, 2.45) is 5.92 Å². The topological polar surface area (TPSA) is 98.7 Å². The molecule has 0 radical (unpaired) electrons. The fraction of sp³-hybridized carbons (Fsp3) is 0.636. The molecule has 1 rings (SSSR count). The number of nitrogens with one attached hydrogen (secondary N) is 2. The molecule has 0 aliphatic heterocycles. The largest absolute Gasteiger partial charge is 0.479 e. The van der Waals surface area contributed by atoms with E-state index in [1.165, 1.54) is 0 Å². The number of hydrogen-bond donors (Lipinski definition) is 4. The first-order valence-electron chi connectivity index (χ1n) is 5.67. The predicted molar refractivity (Wildman–Crippen MR) is 61.5 cm³/mol. The average molecular weight is 242 g/mol. The molecule has 4 N–H and O–H groups in total.